The summed E-state index contributed by atoms with van der Waals surface area (Å²) in [5, 5.41) is 2.83. The summed E-state index contributed by atoms with van der Waals surface area (Å²) in [5.74, 6) is -0.728. The fourth-order valence-electron chi connectivity index (χ4n) is 2.84. The molecular weight excluding hydrogens is 296 g/mol. The molecule has 132 valence electrons. The van der Waals surface area contributed by atoms with E-state index < -0.39 is 18.1 Å². The summed E-state index contributed by atoms with van der Waals surface area (Å²) in [7, 11) is 3.21. The van der Waals surface area contributed by atoms with Crippen molar-refractivity contribution >= 4 is 17.7 Å². The van der Waals surface area contributed by atoms with Crippen LogP contribution in [0.4, 0.5) is 0 Å². The number of likely N-dealkylation sites (N-methyl/N-ethyl adjacent to an activating group) is 2. The standard InChI is InChI=1S/C16H30N4O3/c1-10(2)13-16(23)19(4)11(3)14(21)18-9-7-6-8-12(17)15(22)20(13)5/h10-13H,6-9,17H2,1-5H3,(H,18,21)/t11-,12+,13-/m1/s1. The molecule has 0 radical (unpaired) electrons. The Hall–Kier alpha value is -1.63. The summed E-state index contributed by atoms with van der Waals surface area (Å²) in [6.45, 7) is 5.98. The first-order valence-corrected chi connectivity index (χ1v) is 8.25. The lowest BCUT2D eigenvalue weighted by Gasteiger charge is -2.36. The molecule has 0 spiro atoms. The maximum atomic E-state index is 12.8. The maximum Gasteiger partial charge on any atom is 0.246 e. The van der Waals surface area contributed by atoms with E-state index in [4.69, 9.17) is 5.73 Å². The van der Waals surface area contributed by atoms with Crippen LogP contribution in [0.5, 0.6) is 0 Å². The molecule has 0 unspecified atom stereocenters. The van der Waals surface area contributed by atoms with E-state index in [0.717, 1.165) is 12.8 Å². The van der Waals surface area contributed by atoms with Crippen molar-refractivity contribution in [1.29, 1.82) is 0 Å². The first kappa shape index (κ1) is 19.4. The zero-order chi connectivity index (χ0) is 17.7. The summed E-state index contributed by atoms with van der Waals surface area (Å²) in [5.41, 5.74) is 5.98. The van der Waals surface area contributed by atoms with Crippen LogP contribution in [0.25, 0.3) is 0 Å². The Kier molecular flexibility index (Phi) is 7.00. The van der Waals surface area contributed by atoms with E-state index in [9.17, 15) is 14.4 Å². The molecule has 1 aliphatic heterocycles. The second-order valence-corrected chi connectivity index (χ2v) is 6.66. The van der Waals surface area contributed by atoms with E-state index in [1.165, 1.54) is 9.80 Å². The third-order valence-corrected chi connectivity index (χ3v) is 4.52. The molecule has 1 aliphatic rings. The predicted molar refractivity (Wildman–Crippen MR) is 88.5 cm³/mol. The van der Waals surface area contributed by atoms with Crippen LogP contribution in [0.2, 0.25) is 0 Å². The van der Waals surface area contributed by atoms with Gasteiger partial charge in [0, 0.05) is 20.6 Å². The summed E-state index contributed by atoms with van der Waals surface area (Å²) < 4.78 is 0. The van der Waals surface area contributed by atoms with Crippen LogP contribution in [0.15, 0.2) is 0 Å². The molecule has 1 heterocycles. The zero-order valence-corrected chi connectivity index (χ0v) is 14.8. The number of carbonyl (C=O) groups is 3. The molecule has 3 N–H and O–H groups in total. The van der Waals surface area contributed by atoms with Crippen molar-refractivity contribution in [3.8, 4) is 0 Å². The average Bonchev–Trinajstić information content (AvgIpc) is 2.50. The molecule has 7 heteroatoms. The van der Waals surface area contributed by atoms with Gasteiger partial charge in [0.05, 0.1) is 6.04 Å². The Morgan fingerprint density at radius 3 is 2.26 bits per heavy atom. The minimum atomic E-state index is -0.630. The number of rotatable bonds is 1. The van der Waals surface area contributed by atoms with Crippen LogP contribution in [0.3, 0.4) is 0 Å². The smallest absolute Gasteiger partial charge is 0.246 e. The van der Waals surface area contributed by atoms with E-state index in [1.807, 2.05) is 13.8 Å². The van der Waals surface area contributed by atoms with Crippen LogP contribution < -0.4 is 11.1 Å². The highest BCUT2D eigenvalue weighted by Gasteiger charge is 2.36. The quantitative estimate of drug-likeness (QED) is 0.706. The molecule has 1 fully saturated rings. The van der Waals surface area contributed by atoms with Crippen molar-refractivity contribution in [3.05, 3.63) is 0 Å². The second-order valence-electron chi connectivity index (χ2n) is 6.66. The van der Waals surface area contributed by atoms with Crippen LogP contribution in [0.1, 0.15) is 40.0 Å². The van der Waals surface area contributed by atoms with Crippen molar-refractivity contribution < 1.29 is 14.4 Å². The van der Waals surface area contributed by atoms with Crippen molar-refractivity contribution in [2.24, 2.45) is 11.7 Å². The van der Waals surface area contributed by atoms with E-state index in [0.29, 0.717) is 13.0 Å². The number of nitrogens with zero attached hydrogens (tertiary/aromatic N) is 2. The highest BCUT2D eigenvalue weighted by molar-refractivity contribution is 5.92. The van der Waals surface area contributed by atoms with Gasteiger partial charge in [-0.15, -0.1) is 0 Å². The molecule has 0 bridgehead atoms. The fraction of sp³-hybridized carbons (Fsp3) is 0.812. The lowest BCUT2D eigenvalue weighted by molar-refractivity contribution is -0.149. The Morgan fingerprint density at radius 2 is 1.70 bits per heavy atom. The number of nitrogens with two attached hydrogens (primary N) is 1. The SMILES string of the molecule is CC(C)[C@@H]1C(=O)N(C)[C@H](C)C(=O)NCCCC[C@H](N)C(=O)N1C. The van der Waals surface area contributed by atoms with Gasteiger partial charge in [-0.25, -0.2) is 0 Å². The fourth-order valence-corrected chi connectivity index (χ4v) is 2.84. The minimum Gasteiger partial charge on any atom is -0.354 e. The molecular formula is C16H30N4O3. The van der Waals surface area contributed by atoms with Gasteiger partial charge in [0.25, 0.3) is 0 Å². The van der Waals surface area contributed by atoms with Gasteiger partial charge in [0.15, 0.2) is 0 Å². The third kappa shape index (κ3) is 4.67. The number of hydrogen-bond acceptors (Lipinski definition) is 4. The molecule has 1 rings (SSSR count). The van der Waals surface area contributed by atoms with Crippen LogP contribution in [-0.2, 0) is 14.4 Å². The Balaban J connectivity index is 3.12. The van der Waals surface area contributed by atoms with Gasteiger partial charge in [-0.1, -0.05) is 13.8 Å². The first-order valence-electron chi connectivity index (χ1n) is 8.25. The van der Waals surface area contributed by atoms with Crippen molar-refractivity contribution in [3.63, 3.8) is 0 Å². The highest BCUT2D eigenvalue weighted by Crippen LogP contribution is 2.16. The van der Waals surface area contributed by atoms with Gasteiger partial charge in [-0.3, -0.25) is 14.4 Å². The Morgan fingerprint density at radius 1 is 1.09 bits per heavy atom. The summed E-state index contributed by atoms with van der Waals surface area (Å²) in [4.78, 5) is 40.3. The van der Waals surface area contributed by atoms with E-state index >= 15 is 0 Å². The van der Waals surface area contributed by atoms with Crippen molar-refractivity contribution in [1.82, 2.24) is 15.1 Å². The number of nitrogens with one attached hydrogen (secondary N) is 1. The molecule has 0 saturated carbocycles. The number of carbonyl (C=O) groups excluding carboxylic acids is 3. The largest absolute Gasteiger partial charge is 0.354 e. The second kappa shape index (κ2) is 8.29. The Bertz CT molecular complexity index is 453. The van der Waals surface area contributed by atoms with Crippen LogP contribution in [-0.4, -0.2) is 66.3 Å². The number of hydrogen-bond donors (Lipinski definition) is 2. The highest BCUT2D eigenvalue weighted by atomic mass is 16.2. The summed E-state index contributed by atoms with van der Waals surface area (Å²) in [6.07, 6.45) is 2.06. The van der Waals surface area contributed by atoms with Gasteiger partial charge in [-0.05, 0) is 32.1 Å². The summed E-state index contributed by atoms with van der Waals surface area (Å²) in [6, 6.07) is -1.83. The lowest BCUT2D eigenvalue weighted by Crippen LogP contribution is -2.57. The predicted octanol–water partition coefficient (Wildman–Crippen LogP) is -0.0563. The monoisotopic (exact) mass is 326 g/mol. The molecule has 0 aromatic heterocycles. The minimum absolute atomic E-state index is 0.0773. The Labute approximate surface area is 138 Å². The molecule has 23 heavy (non-hydrogen) atoms. The first-order chi connectivity index (χ1) is 10.7. The number of amides is 3. The van der Waals surface area contributed by atoms with Crippen molar-refractivity contribution in [2.45, 2.75) is 58.2 Å². The third-order valence-electron chi connectivity index (χ3n) is 4.52. The van der Waals surface area contributed by atoms with E-state index in [-0.39, 0.29) is 23.6 Å². The van der Waals surface area contributed by atoms with Gasteiger partial charge < -0.3 is 20.9 Å². The lowest BCUT2D eigenvalue weighted by atomic mass is 9.99. The molecule has 0 aliphatic carbocycles. The topological polar surface area (TPSA) is 95.7 Å². The average molecular weight is 326 g/mol. The normalized spacial score (nSPS) is 29.0. The molecule has 1 saturated heterocycles. The summed E-state index contributed by atoms with van der Waals surface area (Å²) >= 11 is 0. The van der Waals surface area contributed by atoms with E-state index in [2.05, 4.69) is 5.32 Å². The maximum absolute atomic E-state index is 12.8. The molecule has 3 amide bonds. The zero-order valence-electron chi connectivity index (χ0n) is 14.8. The van der Waals surface area contributed by atoms with Gasteiger partial charge in [0.1, 0.15) is 12.1 Å². The molecule has 7 nitrogen and oxygen atoms in total. The van der Waals surface area contributed by atoms with Crippen LogP contribution in [0, 0.1) is 5.92 Å². The van der Waals surface area contributed by atoms with Crippen molar-refractivity contribution in [2.75, 3.05) is 20.6 Å². The molecule has 0 aromatic carbocycles. The van der Waals surface area contributed by atoms with Gasteiger partial charge >= 0.3 is 0 Å². The van der Waals surface area contributed by atoms with E-state index in [1.54, 1.807) is 21.0 Å². The molecule has 3 atom stereocenters. The van der Waals surface area contributed by atoms with Gasteiger partial charge in [-0.2, -0.15) is 0 Å². The molecule has 0 aromatic rings. The van der Waals surface area contributed by atoms with Gasteiger partial charge in [0.2, 0.25) is 17.7 Å². The van der Waals surface area contributed by atoms with Crippen LogP contribution >= 0.6 is 0 Å².